The molecule has 0 saturated carbocycles. The van der Waals surface area contributed by atoms with Crippen LogP contribution in [-0.4, -0.2) is 49.2 Å². The molecule has 29 heavy (non-hydrogen) atoms. The molecule has 0 saturated heterocycles. The highest BCUT2D eigenvalue weighted by atomic mass is 19.1. The third-order valence-electron chi connectivity index (χ3n) is 5.10. The van der Waals surface area contributed by atoms with Gasteiger partial charge in [-0.25, -0.2) is 9.18 Å². The van der Waals surface area contributed by atoms with Gasteiger partial charge < -0.3 is 19.5 Å². The average molecular weight is 405 g/mol. The van der Waals surface area contributed by atoms with Crippen molar-refractivity contribution in [1.29, 1.82) is 0 Å². The third kappa shape index (κ3) is 5.90. The van der Waals surface area contributed by atoms with Crippen molar-refractivity contribution in [2.45, 2.75) is 34.2 Å². The lowest BCUT2D eigenvalue weighted by Crippen LogP contribution is -3.12. The molecule has 0 spiro atoms. The molecule has 1 amide bonds. The summed E-state index contributed by atoms with van der Waals surface area (Å²) in [5.74, 6) is -0.905. The largest absolute Gasteiger partial charge is 0.462 e. The van der Waals surface area contributed by atoms with E-state index in [0.29, 0.717) is 23.5 Å². The van der Waals surface area contributed by atoms with Crippen LogP contribution in [0.25, 0.3) is 11.3 Å². The van der Waals surface area contributed by atoms with E-state index in [1.54, 1.807) is 36.6 Å². The highest BCUT2D eigenvalue weighted by Crippen LogP contribution is 2.27. The fraction of sp³-hybridized carbons (Fsp3) is 0.455. The molecule has 2 N–H and O–H groups in total. The molecule has 1 aromatic heterocycles. The second kappa shape index (κ2) is 10.8. The van der Waals surface area contributed by atoms with Crippen molar-refractivity contribution < 1.29 is 23.6 Å². The summed E-state index contributed by atoms with van der Waals surface area (Å²) in [7, 11) is 0. The standard InChI is InChI=1S/C22H30FN3O3/c1-5-25(6-2)13-12-24-21(27)15-26-16(4)19(22(28)29-7-3)14-20(26)17-8-10-18(23)11-9-17/h8-11,14H,5-7,12-13,15H2,1-4H3,(H,24,27)/p+1. The van der Waals surface area contributed by atoms with Crippen molar-refractivity contribution in [3.63, 3.8) is 0 Å². The molecule has 7 heteroatoms. The zero-order valence-corrected chi connectivity index (χ0v) is 17.7. The lowest BCUT2D eigenvalue weighted by molar-refractivity contribution is -0.895. The van der Waals surface area contributed by atoms with Gasteiger partial charge in [-0.2, -0.15) is 0 Å². The van der Waals surface area contributed by atoms with E-state index in [1.165, 1.54) is 17.0 Å². The number of hydrogen-bond donors (Lipinski definition) is 2. The maximum absolute atomic E-state index is 13.3. The monoisotopic (exact) mass is 404 g/mol. The number of likely N-dealkylation sites (N-methyl/N-ethyl adjacent to an activating group) is 1. The van der Waals surface area contributed by atoms with Crippen molar-refractivity contribution in [3.05, 3.63) is 47.4 Å². The fourth-order valence-electron chi connectivity index (χ4n) is 3.31. The summed E-state index contributed by atoms with van der Waals surface area (Å²) in [5.41, 5.74) is 2.46. The quantitative estimate of drug-likeness (QED) is 0.594. The Morgan fingerprint density at radius 3 is 2.38 bits per heavy atom. The van der Waals surface area contributed by atoms with Gasteiger partial charge in [0.15, 0.2) is 0 Å². The molecule has 2 rings (SSSR count). The molecular formula is C22H31FN3O3+. The summed E-state index contributed by atoms with van der Waals surface area (Å²) in [5, 5.41) is 2.95. The van der Waals surface area contributed by atoms with Gasteiger partial charge in [-0.05, 0) is 63.6 Å². The Kier molecular flexibility index (Phi) is 8.39. The van der Waals surface area contributed by atoms with E-state index in [0.717, 1.165) is 25.2 Å². The lowest BCUT2D eigenvalue weighted by Gasteiger charge is -2.16. The summed E-state index contributed by atoms with van der Waals surface area (Å²) < 4.78 is 20.3. The van der Waals surface area contributed by atoms with Crippen LogP contribution < -0.4 is 10.2 Å². The number of quaternary nitrogens is 1. The van der Waals surface area contributed by atoms with Gasteiger partial charge in [-0.15, -0.1) is 0 Å². The second-order valence-electron chi connectivity index (χ2n) is 6.90. The van der Waals surface area contributed by atoms with Crippen LogP contribution in [0.3, 0.4) is 0 Å². The summed E-state index contributed by atoms with van der Waals surface area (Å²) in [6.45, 7) is 11.6. The highest BCUT2D eigenvalue weighted by Gasteiger charge is 2.21. The molecular weight excluding hydrogens is 373 g/mol. The molecule has 0 atom stereocenters. The number of amides is 1. The lowest BCUT2D eigenvalue weighted by atomic mass is 10.1. The number of ether oxygens (including phenoxy) is 1. The van der Waals surface area contributed by atoms with E-state index in [4.69, 9.17) is 4.74 Å². The van der Waals surface area contributed by atoms with E-state index < -0.39 is 5.97 Å². The summed E-state index contributed by atoms with van der Waals surface area (Å²) >= 11 is 0. The normalized spacial score (nSPS) is 11.0. The Labute approximate surface area is 171 Å². The van der Waals surface area contributed by atoms with Crippen LogP contribution in [0, 0.1) is 12.7 Å². The van der Waals surface area contributed by atoms with Gasteiger partial charge in [0.05, 0.1) is 38.3 Å². The summed E-state index contributed by atoms with van der Waals surface area (Å²) in [4.78, 5) is 26.3. The van der Waals surface area contributed by atoms with Crippen LogP contribution in [0.4, 0.5) is 4.39 Å². The van der Waals surface area contributed by atoms with Gasteiger partial charge >= 0.3 is 5.97 Å². The molecule has 0 bridgehead atoms. The molecule has 158 valence electrons. The molecule has 0 aliphatic heterocycles. The number of benzene rings is 1. The minimum absolute atomic E-state index is 0.0749. The van der Waals surface area contributed by atoms with Crippen LogP contribution in [0.2, 0.25) is 0 Å². The van der Waals surface area contributed by atoms with Crippen molar-refractivity contribution in [1.82, 2.24) is 9.88 Å². The maximum atomic E-state index is 13.3. The number of esters is 1. The minimum Gasteiger partial charge on any atom is -0.462 e. The fourth-order valence-corrected chi connectivity index (χ4v) is 3.31. The van der Waals surface area contributed by atoms with Gasteiger partial charge in [0, 0.05) is 11.4 Å². The molecule has 6 nitrogen and oxygen atoms in total. The highest BCUT2D eigenvalue weighted by molar-refractivity contribution is 5.93. The molecule has 2 aromatic rings. The predicted octanol–water partition coefficient (Wildman–Crippen LogP) is 1.82. The van der Waals surface area contributed by atoms with E-state index in [1.807, 2.05) is 0 Å². The number of halogens is 1. The first-order valence-corrected chi connectivity index (χ1v) is 10.1. The molecule has 0 aliphatic rings. The maximum Gasteiger partial charge on any atom is 0.339 e. The van der Waals surface area contributed by atoms with Gasteiger partial charge in [0.2, 0.25) is 5.91 Å². The zero-order valence-electron chi connectivity index (χ0n) is 17.7. The van der Waals surface area contributed by atoms with E-state index in [2.05, 4.69) is 19.2 Å². The minimum atomic E-state index is -0.433. The first-order chi connectivity index (χ1) is 13.9. The van der Waals surface area contributed by atoms with E-state index in [9.17, 15) is 14.0 Å². The molecule has 1 aromatic carbocycles. The first kappa shape index (κ1) is 22.6. The van der Waals surface area contributed by atoms with Crippen LogP contribution in [-0.2, 0) is 16.1 Å². The first-order valence-electron chi connectivity index (χ1n) is 10.1. The van der Waals surface area contributed by atoms with Crippen molar-refractivity contribution in [3.8, 4) is 11.3 Å². The third-order valence-corrected chi connectivity index (χ3v) is 5.10. The van der Waals surface area contributed by atoms with Gasteiger partial charge in [-0.1, -0.05) is 0 Å². The van der Waals surface area contributed by atoms with Crippen LogP contribution in [0.15, 0.2) is 30.3 Å². The number of carbonyl (C=O) groups is 2. The van der Waals surface area contributed by atoms with Crippen molar-refractivity contribution in [2.24, 2.45) is 0 Å². The number of hydrogen-bond acceptors (Lipinski definition) is 3. The second-order valence-corrected chi connectivity index (χ2v) is 6.90. The Bertz CT molecular complexity index is 827. The number of nitrogens with zero attached hydrogens (tertiary/aromatic N) is 1. The van der Waals surface area contributed by atoms with Crippen molar-refractivity contribution in [2.75, 3.05) is 32.8 Å². The Morgan fingerprint density at radius 2 is 1.79 bits per heavy atom. The SMILES string of the molecule is CCOC(=O)c1cc(-c2ccc(F)cc2)n(CC(=O)NCC[NH+](CC)CC)c1C. The average Bonchev–Trinajstić information content (AvgIpc) is 3.02. The van der Waals surface area contributed by atoms with Gasteiger partial charge in [0.1, 0.15) is 12.4 Å². The number of rotatable bonds is 10. The van der Waals surface area contributed by atoms with Gasteiger partial charge in [0.25, 0.3) is 0 Å². The summed E-state index contributed by atoms with van der Waals surface area (Å²) in [6, 6.07) is 7.69. The van der Waals surface area contributed by atoms with Crippen molar-refractivity contribution >= 4 is 11.9 Å². The number of aromatic nitrogens is 1. The van der Waals surface area contributed by atoms with E-state index >= 15 is 0 Å². The molecule has 0 aliphatic carbocycles. The smallest absolute Gasteiger partial charge is 0.339 e. The summed E-state index contributed by atoms with van der Waals surface area (Å²) in [6.07, 6.45) is 0. The van der Waals surface area contributed by atoms with E-state index in [-0.39, 0.29) is 24.9 Å². The molecule has 0 radical (unpaired) electrons. The Morgan fingerprint density at radius 1 is 1.14 bits per heavy atom. The van der Waals surface area contributed by atoms with Crippen LogP contribution in [0.5, 0.6) is 0 Å². The predicted molar refractivity (Wildman–Crippen MR) is 110 cm³/mol. The van der Waals surface area contributed by atoms with Crippen LogP contribution >= 0.6 is 0 Å². The number of carbonyl (C=O) groups excluding carboxylic acids is 2. The topological polar surface area (TPSA) is 64.8 Å². The van der Waals surface area contributed by atoms with Gasteiger partial charge in [-0.3, -0.25) is 4.79 Å². The molecule has 0 fully saturated rings. The molecule has 1 heterocycles. The number of nitrogens with one attached hydrogen (secondary N) is 2. The zero-order chi connectivity index (χ0) is 21.4. The Balaban J connectivity index is 2.25. The Hall–Kier alpha value is -2.67. The molecule has 0 unspecified atom stereocenters. The van der Waals surface area contributed by atoms with Crippen LogP contribution in [0.1, 0.15) is 36.8 Å².